The third-order valence-electron chi connectivity index (χ3n) is 2.25. The number of ether oxygens (including phenoxy) is 3. The van der Waals surface area contributed by atoms with E-state index < -0.39 is 0 Å². The zero-order chi connectivity index (χ0) is 12.1. The van der Waals surface area contributed by atoms with Gasteiger partial charge in [0.1, 0.15) is 12.8 Å². The van der Waals surface area contributed by atoms with Gasteiger partial charge in [-0.2, -0.15) is 0 Å². The number of aromatic nitrogens is 2. The van der Waals surface area contributed by atoms with Crippen molar-refractivity contribution >= 4 is 11.0 Å². The Morgan fingerprint density at radius 3 is 2.71 bits per heavy atom. The highest BCUT2D eigenvalue weighted by Crippen LogP contribution is 2.30. The van der Waals surface area contributed by atoms with Gasteiger partial charge in [-0.1, -0.05) is 0 Å². The standard InChI is InChI=1S/C12H13N2O3/c1-15-5-6-17-12-8-10-9(7-11(12)16-2)13-3-4-14-10/h3,7-8H,5-6H2,1-2H3. The van der Waals surface area contributed by atoms with Crippen molar-refractivity contribution in [3.8, 4) is 11.5 Å². The van der Waals surface area contributed by atoms with Crippen LogP contribution in [-0.2, 0) is 4.74 Å². The van der Waals surface area contributed by atoms with Crippen molar-refractivity contribution in [1.29, 1.82) is 0 Å². The molecule has 2 aromatic rings. The highest BCUT2D eigenvalue weighted by Gasteiger charge is 2.08. The molecule has 0 spiro atoms. The number of hydrogen-bond acceptors (Lipinski definition) is 5. The maximum absolute atomic E-state index is 5.54. The van der Waals surface area contributed by atoms with Gasteiger partial charge in [0.25, 0.3) is 0 Å². The van der Waals surface area contributed by atoms with Crippen molar-refractivity contribution in [2.45, 2.75) is 0 Å². The van der Waals surface area contributed by atoms with Crippen LogP contribution in [0.2, 0.25) is 0 Å². The summed E-state index contributed by atoms with van der Waals surface area (Å²) in [4.78, 5) is 8.24. The molecule has 0 aliphatic heterocycles. The number of methoxy groups -OCH3 is 2. The van der Waals surface area contributed by atoms with Gasteiger partial charge in [-0.05, 0) is 0 Å². The van der Waals surface area contributed by atoms with Gasteiger partial charge in [0.15, 0.2) is 11.5 Å². The second-order valence-electron chi connectivity index (χ2n) is 3.33. The van der Waals surface area contributed by atoms with Gasteiger partial charge in [0.05, 0.1) is 30.9 Å². The molecular formula is C12H13N2O3. The van der Waals surface area contributed by atoms with E-state index in [-0.39, 0.29) is 0 Å². The number of hydrogen-bond donors (Lipinski definition) is 0. The van der Waals surface area contributed by atoms with E-state index in [9.17, 15) is 0 Å². The van der Waals surface area contributed by atoms with Crippen molar-refractivity contribution in [3.05, 3.63) is 24.5 Å². The number of fused-ring (bicyclic) bond motifs is 1. The molecule has 17 heavy (non-hydrogen) atoms. The lowest BCUT2D eigenvalue weighted by atomic mass is 10.2. The molecule has 0 N–H and O–H groups in total. The third-order valence-corrected chi connectivity index (χ3v) is 2.25. The fourth-order valence-corrected chi connectivity index (χ4v) is 1.44. The highest BCUT2D eigenvalue weighted by molar-refractivity contribution is 5.78. The molecule has 1 aromatic heterocycles. The first-order valence-electron chi connectivity index (χ1n) is 5.17. The summed E-state index contributed by atoms with van der Waals surface area (Å²) in [5.74, 6) is 1.26. The minimum atomic E-state index is 0.461. The van der Waals surface area contributed by atoms with Crippen LogP contribution in [0.25, 0.3) is 11.0 Å². The number of rotatable bonds is 5. The Kier molecular flexibility index (Phi) is 3.72. The molecule has 1 heterocycles. The van der Waals surface area contributed by atoms with E-state index in [0.717, 1.165) is 11.0 Å². The molecule has 0 amide bonds. The molecule has 0 fully saturated rings. The lowest BCUT2D eigenvalue weighted by Crippen LogP contribution is -2.05. The molecule has 2 rings (SSSR count). The van der Waals surface area contributed by atoms with Crippen LogP contribution in [0.15, 0.2) is 18.3 Å². The second kappa shape index (κ2) is 5.45. The number of benzene rings is 1. The second-order valence-corrected chi connectivity index (χ2v) is 3.33. The van der Waals surface area contributed by atoms with Crippen molar-refractivity contribution < 1.29 is 14.2 Å². The lowest BCUT2D eigenvalue weighted by molar-refractivity contribution is 0.144. The predicted molar refractivity (Wildman–Crippen MR) is 62.3 cm³/mol. The monoisotopic (exact) mass is 233 g/mol. The average molecular weight is 233 g/mol. The molecule has 1 aromatic carbocycles. The van der Waals surface area contributed by atoms with E-state index in [0.29, 0.717) is 24.7 Å². The molecule has 0 unspecified atom stereocenters. The first-order chi connectivity index (χ1) is 8.35. The Labute approximate surface area is 99.4 Å². The van der Waals surface area contributed by atoms with Gasteiger partial charge in [-0.3, -0.25) is 4.98 Å². The summed E-state index contributed by atoms with van der Waals surface area (Å²) in [6, 6.07) is 3.58. The summed E-state index contributed by atoms with van der Waals surface area (Å²) in [6.07, 6.45) is 4.21. The molecule has 89 valence electrons. The van der Waals surface area contributed by atoms with Crippen LogP contribution in [0.4, 0.5) is 0 Å². The Bertz CT molecular complexity index is 502. The molecule has 1 radical (unpaired) electrons. The van der Waals surface area contributed by atoms with E-state index >= 15 is 0 Å². The summed E-state index contributed by atoms with van der Waals surface area (Å²) in [5, 5.41) is 0. The van der Waals surface area contributed by atoms with Crippen LogP contribution in [0, 0.1) is 6.20 Å². The highest BCUT2D eigenvalue weighted by atomic mass is 16.5. The molecule has 0 atom stereocenters. The Hall–Kier alpha value is -1.88. The normalized spacial score (nSPS) is 10.5. The van der Waals surface area contributed by atoms with Gasteiger partial charge in [-0.15, -0.1) is 0 Å². The minimum Gasteiger partial charge on any atom is -0.493 e. The molecule has 0 bridgehead atoms. The van der Waals surface area contributed by atoms with Gasteiger partial charge in [0.2, 0.25) is 0 Å². The molecule has 0 aliphatic rings. The van der Waals surface area contributed by atoms with Crippen molar-refractivity contribution in [3.63, 3.8) is 0 Å². The SMILES string of the molecule is COCCOc1cc2n[c]cnc2cc1OC. The summed E-state index contributed by atoms with van der Waals surface area (Å²) in [5.41, 5.74) is 1.47. The fourth-order valence-electron chi connectivity index (χ4n) is 1.44. The van der Waals surface area contributed by atoms with Crippen LogP contribution >= 0.6 is 0 Å². The summed E-state index contributed by atoms with van der Waals surface area (Å²) >= 11 is 0. The zero-order valence-corrected chi connectivity index (χ0v) is 9.77. The Morgan fingerprint density at radius 1 is 1.12 bits per heavy atom. The molecule has 0 saturated carbocycles. The average Bonchev–Trinajstić information content (AvgIpc) is 2.38. The fraction of sp³-hybridized carbons (Fsp3) is 0.333. The van der Waals surface area contributed by atoms with Crippen LogP contribution in [0.5, 0.6) is 11.5 Å². The lowest BCUT2D eigenvalue weighted by Gasteiger charge is -2.10. The topological polar surface area (TPSA) is 53.5 Å². The molecule has 0 saturated heterocycles. The first kappa shape index (κ1) is 11.6. The number of nitrogens with zero attached hydrogens (tertiary/aromatic N) is 2. The van der Waals surface area contributed by atoms with E-state index in [4.69, 9.17) is 14.2 Å². The Balaban J connectivity index is 2.32. The van der Waals surface area contributed by atoms with E-state index in [2.05, 4.69) is 16.2 Å². The first-order valence-corrected chi connectivity index (χ1v) is 5.17. The predicted octanol–water partition coefficient (Wildman–Crippen LogP) is 1.46. The minimum absolute atomic E-state index is 0.461. The third kappa shape index (κ3) is 2.62. The van der Waals surface area contributed by atoms with Gasteiger partial charge in [0, 0.05) is 19.2 Å². The van der Waals surface area contributed by atoms with E-state index in [1.807, 2.05) is 0 Å². The van der Waals surface area contributed by atoms with Crippen LogP contribution in [-0.4, -0.2) is 37.4 Å². The van der Waals surface area contributed by atoms with E-state index in [1.165, 1.54) is 6.20 Å². The maximum atomic E-state index is 5.54. The smallest absolute Gasteiger partial charge is 0.163 e. The van der Waals surface area contributed by atoms with Crippen molar-refractivity contribution in [2.24, 2.45) is 0 Å². The van der Waals surface area contributed by atoms with Crippen molar-refractivity contribution in [1.82, 2.24) is 9.97 Å². The molecule has 5 nitrogen and oxygen atoms in total. The summed E-state index contributed by atoms with van der Waals surface area (Å²) < 4.78 is 15.7. The maximum Gasteiger partial charge on any atom is 0.163 e. The van der Waals surface area contributed by atoms with Gasteiger partial charge < -0.3 is 14.2 Å². The quantitative estimate of drug-likeness (QED) is 0.732. The van der Waals surface area contributed by atoms with Gasteiger partial charge in [-0.25, -0.2) is 4.98 Å². The molecular weight excluding hydrogens is 220 g/mol. The van der Waals surface area contributed by atoms with Crippen molar-refractivity contribution in [2.75, 3.05) is 27.4 Å². The van der Waals surface area contributed by atoms with Crippen LogP contribution in [0.1, 0.15) is 0 Å². The summed E-state index contributed by atoms with van der Waals surface area (Å²) in [6.45, 7) is 0.982. The zero-order valence-electron chi connectivity index (χ0n) is 9.77. The molecule has 5 heteroatoms. The summed E-state index contributed by atoms with van der Waals surface area (Å²) in [7, 11) is 3.22. The van der Waals surface area contributed by atoms with Gasteiger partial charge >= 0.3 is 0 Å². The van der Waals surface area contributed by atoms with Crippen LogP contribution < -0.4 is 9.47 Å². The van der Waals surface area contributed by atoms with Crippen LogP contribution in [0.3, 0.4) is 0 Å². The van der Waals surface area contributed by atoms with E-state index in [1.54, 1.807) is 26.4 Å². The Morgan fingerprint density at radius 2 is 1.94 bits per heavy atom. The largest absolute Gasteiger partial charge is 0.493 e. The molecule has 0 aliphatic carbocycles.